The molecule has 1 aliphatic heterocycles. The molecule has 0 aromatic carbocycles. The Morgan fingerprint density at radius 1 is 1.04 bits per heavy atom. The fourth-order valence-corrected chi connectivity index (χ4v) is 6.16. The number of piperazine rings is 1. The first-order valence-corrected chi connectivity index (χ1v) is 11.0. The molecule has 0 spiro atoms. The van der Waals surface area contributed by atoms with Gasteiger partial charge in [0.05, 0.1) is 10.6 Å². The molecule has 1 aliphatic rings. The number of nitrogens with zero attached hydrogens (tertiary/aromatic N) is 4. The third kappa shape index (κ3) is 3.62. The van der Waals surface area contributed by atoms with Crippen LogP contribution in [0.3, 0.4) is 0 Å². The van der Waals surface area contributed by atoms with Crippen molar-refractivity contribution in [3.05, 3.63) is 47.9 Å². The maximum atomic E-state index is 13.0. The molecule has 142 valence electrons. The molecule has 0 unspecified atom stereocenters. The normalized spacial score (nSPS) is 16.0. The van der Waals surface area contributed by atoms with Gasteiger partial charge in [-0.3, -0.25) is 10.1 Å². The van der Waals surface area contributed by atoms with Crippen LogP contribution in [0.15, 0.2) is 40.7 Å². The number of thiophene rings is 1. The average Bonchev–Trinajstić information content (AvgIpc) is 3.32. The summed E-state index contributed by atoms with van der Waals surface area (Å²) in [5.41, 5.74) is 3.89. The van der Waals surface area contributed by atoms with E-state index in [1.165, 1.54) is 11.3 Å². The van der Waals surface area contributed by atoms with E-state index < -0.39 is 10.0 Å². The van der Waals surface area contributed by atoms with Gasteiger partial charge in [0.15, 0.2) is 0 Å². The van der Waals surface area contributed by atoms with E-state index in [2.05, 4.69) is 20.1 Å². The predicted molar refractivity (Wildman–Crippen MR) is 107 cm³/mol. The molecule has 1 fully saturated rings. The summed E-state index contributed by atoms with van der Waals surface area (Å²) < 4.78 is 28.0. The second kappa shape index (κ2) is 7.06. The van der Waals surface area contributed by atoms with Gasteiger partial charge >= 0.3 is 0 Å². The highest BCUT2D eigenvalue weighted by Crippen LogP contribution is 2.31. The number of hydrogen-bond donors (Lipinski definition) is 1. The van der Waals surface area contributed by atoms with Gasteiger partial charge in [-0.15, -0.1) is 11.3 Å². The minimum absolute atomic E-state index is 0.371. The maximum absolute atomic E-state index is 13.0. The summed E-state index contributed by atoms with van der Waals surface area (Å²) >= 11 is 1.27. The number of H-pyrrole nitrogens is 1. The van der Waals surface area contributed by atoms with Crippen molar-refractivity contribution in [1.29, 1.82) is 0 Å². The Hall–Kier alpha value is -2.23. The lowest BCUT2D eigenvalue weighted by molar-refractivity contribution is 0.386. The maximum Gasteiger partial charge on any atom is 0.252 e. The molecule has 0 radical (unpaired) electrons. The smallest absolute Gasteiger partial charge is 0.252 e. The molecule has 3 aromatic heterocycles. The summed E-state index contributed by atoms with van der Waals surface area (Å²) in [6.07, 6.45) is 1.66. The van der Waals surface area contributed by atoms with Crippen LogP contribution < -0.4 is 4.90 Å². The van der Waals surface area contributed by atoms with Crippen LogP contribution in [0.2, 0.25) is 0 Å². The highest BCUT2D eigenvalue weighted by Gasteiger charge is 2.30. The summed E-state index contributed by atoms with van der Waals surface area (Å²) in [6.45, 7) is 6.23. The molecule has 9 heteroatoms. The van der Waals surface area contributed by atoms with Crippen molar-refractivity contribution in [2.75, 3.05) is 31.1 Å². The molecule has 1 N–H and O–H groups in total. The van der Waals surface area contributed by atoms with Crippen molar-refractivity contribution in [3.63, 3.8) is 0 Å². The zero-order valence-corrected chi connectivity index (χ0v) is 16.8. The Bertz CT molecular complexity index is 1020. The fraction of sp³-hybridized carbons (Fsp3) is 0.333. The number of hydrogen-bond acceptors (Lipinski definition) is 6. The molecule has 3 aromatic rings. The van der Waals surface area contributed by atoms with Crippen molar-refractivity contribution in [3.8, 4) is 10.6 Å². The number of rotatable bonds is 4. The van der Waals surface area contributed by atoms with E-state index >= 15 is 0 Å². The largest absolute Gasteiger partial charge is 0.369 e. The molecule has 1 saturated heterocycles. The third-order valence-corrected chi connectivity index (χ3v) is 8.10. The van der Waals surface area contributed by atoms with Crippen LogP contribution >= 0.6 is 11.3 Å². The number of anilines is 1. The number of aromatic nitrogens is 3. The van der Waals surface area contributed by atoms with Gasteiger partial charge in [0.25, 0.3) is 10.0 Å². The second-order valence-electron chi connectivity index (χ2n) is 6.59. The molecular formula is C18H21N5O2S2. The van der Waals surface area contributed by atoms with Crippen LogP contribution in [-0.4, -0.2) is 54.1 Å². The highest BCUT2D eigenvalue weighted by atomic mass is 32.2. The topological polar surface area (TPSA) is 82.2 Å². The Kier molecular flexibility index (Phi) is 4.75. The van der Waals surface area contributed by atoms with Crippen LogP contribution in [0.4, 0.5) is 5.69 Å². The minimum Gasteiger partial charge on any atom is -0.369 e. The van der Waals surface area contributed by atoms with Crippen LogP contribution in [0.5, 0.6) is 0 Å². The molecule has 0 bridgehead atoms. The first-order valence-electron chi connectivity index (χ1n) is 8.73. The zero-order chi connectivity index (χ0) is 19.0. The summed E-state index contributed by atoms with van der Waals surface area (Å²) in [5, 5.41) is 6.79. The fourth-order valence-electron chi connectivity index (χ4n) is 3.31. The molecule has 0 saturated carbocycles. The summed E-state index contributed by atoms with van der Waals surface area (Å²) in [6, 6.07) is 9.43. The van der Waals surface area contributed by atoms with Gasteiger partial charge in [-0.2, -0.15) is 9.40 Å². The molecule has 0 atom stereocenters. The Balaban J connectivity index is 1.48. The first kappa shape index (κ1) is 18.1. The molecule has 7 nitrogen and oxygen atoms in total. The minimum atomic E-state index is -3.48. The molecular weight excluding hydrogens is 382 g/mol. The van der Waals surface area contributed by atoms with E-state index in [1.54, 1.807) is 16.6 Å². The van der Waals surface area contributed by atoms with Crippen LogP contribution in [-0.2, 0) is 10.0 Å². The Morgan fingerprint density at radius 2 is 1.74 bits per heavy atom. The number of sulfonamides is 1. The SMILES string of the molecule is Cc1cc(N2CCN(S(=O)(=O)c3ccc(-c4ccn[nH]4)s3)CC2)cc(C)n1. The molecule has 4 heterocycles. The highest BCUT2D eigenvalue weighted by molar-refractivity contribution is 7.91. The van der Waals surface area contributed by atoms with Crippen molar-refractivity contribution >= 4 is 27.0 Å². The summed E-state index contributed by atoms with van der Waals surface area (Å²) in [7, 11) is -3.48. The monoisotopic (exact) mass is 403 g/mol. The van der Waals surface area contributed by atoms with Gasteiger partial charge in [0.2, 0.25) is 0 Å². The molecule has 0 amide bonds. The van der Waals surface area contributed by atoms with Gasteiger partial charge in [-0.1, -0.05) is 0 Å². The standard InChI is InChI=1S/C18H21N5O2S2/c1-13-11-15(12-14(2)20-13)22-7-9-23(10-8-22)27(24,25)18-4-3-17(26-18)16-5-6-19-21-16/h3-6,11-12H,7-10H2,1-2H3,(H,19,21). The molecule has 4 rings (SSSR count). The van der Waals surface area contributed by atoms with Crippen molar-refractivity contribution in [1.82, 2.24) is 19.5 Å². The van der Waals surface area contributed by atoms with Crippen LogP contribution in [0, 0.1) is 13.8 Å². The van der Waals surface area contributed by atoms with E-state index in [-0.39, 0.29) is 0 Å². The number of aromatic amines is 1. The van der Waals surface area contributed by atoms with Gasteiger partial charge in [0.1, 0.15) is 4.21 Å². The lowest BCUT2D eigenvalue weighted by Crippen LogP contribution is -2.48. The first-order chi connectivity index (χ1) is 12.9. The average molecular weight is 404 g/mol. The van der Waals surface area contributed by atoms with Crippen LogP contribution in [0.1, 0.15) is 11.4 Å². The summed E-state index contributed by atoms with van der Waals surface area (Å²) in [5.74, 6) is 0. The van der Waals surface area contributed by atoms with E-state index in [0.717, 1.165) is 27.6 Å². The van der Waals surface area contributed by atoms with E-state index in [1.807, 2.05) is 38.1 Å². The van der Waals surface area contributed by atoms with Gasteiger partial charge < -0.3 is 4.90 Å². The Morgan fingerprint density at radius 3 is 2.37 bits per heavy atom. The number of pyridine rings is 1. The lowest BCUT2D eigenvalue weighted by atomic mass is 10.2. The van der Waals surface area contributed by atoms with E-state index in [4.69, 9.17) is 0 Å². The lowest BCUT2D eigenvalue weighted by Gasteiger charge is -2.35. The van der Waals surface area contributed by atoms with Gasteiger partial charge in [-0.05, 0) is 44.2 Å². The number of nitrogens with one attached hydrogen (secondary N) is 1. The molecule has 27 heavy (non-hydrogen) atoms. The van der Waals surface area contributed by atoms with Crippen molar-refractivity contribution in [2.24, 2.45) is 0 Å². The van der Waals surface area contributed by atoms with E-state index in [0.29, 0.717) is 30.4 Å². The third-order valence-electron chi connectivity index (χ3n) is 4.61. The van der Waals surface area contributed by atoms with Gasteiger partial charge in [-0.25, -0.2) is 8.42 Å². The van der Waals surface area contributed by atoms with Crippen molar-refractivity contribution < 1.29 is 8.42 Å². The van der Waals surface area contributed by atoms with E-state index in [9.17, 15) is 8.42 Å². The zero-order valence-electron chi connectivity index (χ0n) is 15.2. The Labute approximate surface area is 162 Å². The molecule has 0 aliphatic carbocycles. The number of aryl methyl sites for hydroxylation is 2. The predicted octanol–water partition coefficient (Wildman–Crippen LogP) is 2.66. The van der Waals surface area contributed by atoms with Crippen LogP contribution in [0.25, 0.3) is 10.6 Å². The second-order valence-corrected chi connectivity index (χ2v) is 9.84. The van der Waals surface area contributed by atoms with Gasteiger partial charge in [0, 0.05) is 49.5 Å². The quantitative estimate of drug-likeness (QED) is 0.724. The summed E-state index contributed by atoms with van der Waals surface area (Å²) in [4.78, 5) is 7.50. The van der Waals surface area contributed by atoms with Crippen molar-refractivity contribution in [2.45, 2.75) is 18.1 Å².